The van der Waals surface area contributed by atoms with E-state index in [1.807, 2.05) is 0 Å². The van der Waals surface area contributed by atoms with E-state index in [0.717, 1.165) is 0 Å². The van der Waals surface area contributed by atoms with Crippen molar-refractivity contribution in [2.45, 2.75) is 0 Å². The Kier molecular flexibility index (Phi) is 7.05. The van der Waals surface area contributed by atoms with Gasteiger partial charge in [0.1, 0.15) is 0 Å². The second kappa shape index (κ2) is 7.39. The minimum absolute atomic E-state index is 1.29. The lowest BCUT2D eigenvalue weighted by Crippen LogP contribution is -1.96. The van der Waals surface area contributed by atoms with Crippen LogP contribution in [0.2, 0.25) is 0 Å². The Balaban J connectivity index is 2.78. The Hall–Kier alpha value is 2.82. The van der Waals surface area contributed by atoms with Crippen LogP contribution in [-0.2, 0) is 0 Å². The first-order chi connectivity index (χ1) is 8.40. The van der Waals surface area contributed by atoms with E-state index in [0.29, 0.717) is 0 Å². The predicted octanol–water partition coefficient (Wildman–Crippen LogP) is 6.98. The second-order valence-electron chi connectivity index (χ2n) is 3.49. The van der Waals surface area contributed by atoms with Crippen molar-refractivity contribution < 1.29 is 0 Å². The predicted molar refractivity (Wildman–Crippen MR) is 128 cm³/mol. The first kappa shape index (κ1) is 17.2. The Morgan fingerprint density at radius 1 is 0.444 bits per heavy atom. The van der Waals surface area contributed by atoms with E-state index in [1.54, 1.807) is 0 Å². The van der Waals surface area contributed by atoms with Crippen LogP contribution in [0.25, 0.3) is 11.1 Å². The molecule has 0 N–H and O–H groups in total. The molecule has 0 aliphatic carbocycles. The lowest BCUT2D eigenvalue weighted by molar-refractivity contribution is 1.46. The summed E-state index contributed by atoms with van der Waals surface area (Å²) in [5, 5.41) is 0. The van der Waals surface area contributed by atoms with E-state index in [9.17, 15) is 0 Å². The zero-order valence-electron chi connectivity index (χ0n) is 8.58. The van der Waals surface area contributed by atoms with Crippen LogP contribution >= 0.6 is 136 Å². The summed E-state index contributed by atoms with van der Waals surface area (Å²) in [6, 6.07) is 8.96. The summed E-state index contributed by atoms with van der Waals surface area (Å²) < 4.78 is 7.87. The lowest BCUT2D eigenvalue weighted by Gasteiger charge is -2.13. The number of hydrogen-bond donors (Lipinski definition) is 0. The zero-order chi connectivity index (χ0) is 13.4. The topological polar surface area (TPSA) is 0 Å². The highest BCUT2D eigenvalue weighted by molar-refractivity contribution is 14.1. The molecule has 0 unspecified atom stereocenters. The molecule has 18 heavy (non-hydrogen) atoms. The van der Waals surface area contributed by atoms with Crippen molar-refractivity contribution in [3.8, 4) is 11.1 Å². The summed E-state index contributed by atoms with van der Waals surface area (Å²) >= 11 is 14.5. The van der Waals surface area contributed by atoms with Gasteiger partial charge < -0.3 is 0 Å². The van der Waals surface area contributed by atoms with Crippen LogP contribution in [0.3, 0.4) is 0 Å². The van der Waals surface area contributed by atoms with Crippen LogP contribution in [0.4, 0.5) is 0 Å². The molecule has 0 nitrogen and oxygen atoms in total. The van der Waals surface area contributed by atoms with Crippen LogP contribution in [0.15, 0.2) is 24.3 Å². The molecule has 0 saturated heterocycles. The molecule has 0 aliphatic heterocycles. The van der Waals surface area contributed by atoms with Crippen molar-refractivity contribution in [2.24, 2.45) is 0 Å². The third-order valence-corrected chi connectivity index (χ3v) is 6.91. The normalized spacial score (nSPS) is 10.8. The van der Waals surface area contributed by atoms with Gasteiger partial charge in [-0.25, -0.2) is 0 Å². The molecule has 0 spiro atoms. The maximum atomic E-state index is 2.44. The maximum Gasteiger partial charge on any atom is 0.0230 e. The Labute approximate surface area is 188 Å². The molecule has 0 saturated carbocycles. The van der Waals surface area contributed by atoms with Gasteiger partial charge in [-0.15, -0.1) is 0 Å². The summed E-state index contributed by atoms with van der Waals surface area (Å²) in [5.74, 6) is 0. The monoisotopic (exact) mass is 909 g/mol. The minimum Gasteiger partial charge on any atom is -0.0442 e. The summed E-state index contributed by atoms with van der Waals surface area (Å²) in [4.78, 5) is 0. The van der Waals surface area contributed by atoms with E-state index < -0.39 is 0 Å². The minimum atomic E-state index is 1.29. The van der Waals surface area contributed by atoms with E-state index in [4.69, 9.17) is 0 Å². The third kappa shape index (κ3) is 3.97. The first-order valence-electron chi connectivity index (χ1n) is 4.69. The van der Waals surface area contributed by atoms with Crippen LogP contribution < -0.4 is 0 Å². The molecular formula is C12H4I6. The Morgan fingerprint density at radius 2 is 0.667 bits per heavy atom. The molecule has 0 aliphatic rings. The highest BCUT2D eigenvalue weighted by Gasteiger charge is 2.15. The molecule has 2 aromatic carbocycles. The molecule has 0 heterocycles. The van der Waals surface area contributed by atoms with Gasteiger partial charge in [0.05, 0.1) is 0 Å². The van der Waals surface area contributed by atoms with Gasteiger partial charge in [0.15, 0.2) is 0 Å². The van der Waals surface area contributed by atoms with Gasteiger partial charge in [0.2, 0.25) is 0 Å². The number of hydrogen-bond acceptors (Lipinski definition) is 0. The summed E-state index contributed by atoms with van der Waals surface area (Å²) in [7, 11) is 0. The maximum absolute atomic E-state index is 2.44. The van der Waals surface area contributed by atoms with Gasteiger partial charge in [-0.2, -0.15) is 0 Å². The first-order valence-corrected chi connectivity index (χ1v) is 11.2. The smallest absolute Gasteiger partial charge is 0.0230 e. The molecule has 0 bridgehead atoms. The van der Waals surface area contributed by atoms with E-state index in [2.05, 4.69) is 160 Å². The fraction of sp³-hybridized carbons (Fsp3) is 0. The summed E-state index contributed by atoms with van der Waals surface area (Å²) in [6.45, 7) is 0. The van der Waals surface area contributed by atoms with E-state index in [-0.39, 0.29) is 0 Å². The molecule has 2 rings (SSSR count). The van der Waals surface area contributed by atoms with Crippen LogP contribution in [0, 0.1) is 21.4 Å². The number of benzene rings is 2. The van der Waals surface area contributed by atoms with Crippen molar-refractivity contribution in [1.29, 1.82) is 0 Å². The van der Waals surface area contributed by atoms with E-state index in [1.165, 1.54) is 32.5 Å². The van der Waals surface area contributed by atoms with Gasteiger partial charge in [-0.3, -0.25) is 0 Å². The molecule has 0 fully saturated rings. The van der Waals surface area contributed by atoms with Gasteiger partial charge in [-0.05, 0) is 160 Å². The van der Waals surface area contributed by atoms with Crippen molar-refractivity contribution in [3.63, 3.8) is 0 Å². The van der Waals surface area contributed by atoms with Gasteiger partial charge in [-0.1, -0.05) is 0 Å². The molecular weight excluding hydrogens is 906 g/mol. The largest absolute Gasteiger partial charge is 0.0442 e. The quantitative estimate of drug-likeness (QED) is 0.272. The number of rotatable bonds is 1. The lowest BCUT2D eigenvalue weighted by atomic mass is 10.1. The van der Waals surface area contributed by atoms with Gasteiger partial charge >= 0.3 is 0 Å². The Bertz CT molecular complexity index is 518. The Morgan fingerprint density at radius 3 is 0.889 bits per heavy atom. The highest BCUT2D eigenvalue weighted by Crippen LogP contribution is 2.38. The van der Waals surface area contributed by atoms with Gasteiger partial charge in [0, 0.05) is 32.5 Å². The molecule has 0 aromatic heterocycles. The highest BCUT2D eigenvalue weighted by atomic mass is 127. The van der Waals surface area contributed by atoms with Gasteiger partial charge in [0.25, 0.3) is 0 Å². The molecule has 0 radical (unpaired) electrons. The average molecular weight is 910 g/mol. The third-order valence-electron chi connectivity index (χ3n) is 2.26. The van der Waals surface area contributed by atoms with Crippen molar-refractivity contribution >= 4 is 136 Å². The fourth-order valence-electron chi connectivity index (χ4n) is 1.56. The molecule has 2 aromatic rings. The molecule has 0 amide bonds. The van der Waals surface area contributed by atoms with Crippen molar-refractivity contribution in [2.75, 3.05) is 0 Å². The zero-order valence-corrected chi connectivity index (χ0v) is 21.5. The summed E-state index contributed by atoms with van der Waals surface area (Å²) in [6.07, 6.45) is 0. The molecule has 6 heteroatoms. The average Bonchev–Trinajstić information content (AvgIpc) is 2.20. The molecule has 0 atom stereocenters. The van der Waals surface area contributed by atoms with Crippen LogP contribution in [0.1, 0.15) is 0 Å². The fourth-order valence-corrected chi connectivity index (χ4v) is 9.81. The van der Waals surface area contributed by atoms with Crippen molar-refractivity contribution in [1.82, 2.24) is 0 Å². The number of halogens is 6. The van der Waals surface area contributed by atoms with Crippen molar-refractivity contribution in [3.05, 3.63) is 45.7 Å². The van der Waals surface area contributed by atoms with E-state index >= 15 is 0 Å². The van der Waals surface area contributed by atoms with Crippen LogP contribution in [-0.4, -0.2) is 0 Å². The second-order valence-corrected chi connectivity index (χ2v) is 10.6. The van der Waals surface area contributed by atoms with Crippen LogP contribution in [0.5, 0.6) is 0 Å². The standard InChI is InChI=1S/C12H4I6/c13-5-1-7(15)11(8(16)2-5)12-9(17)3-6(14)4-10(12)18/h1-4H. The SMILES string of the molecule is Ic1cc(I)c(-c2c(I)cc(I)cc2I)c(I)c1. The summed E-state index contributed by atoms with van der Waals surface area (Å²) in [5.41, 5.74) is 2.73. The molecule has 94 valence electrons.